The number of benzene rings is 1. The molecule has 0 aromatic heterocycles. The predicted molar refractivity (Wildman–Crippen MR) is 82.4 cm³/mol. The molecule has 5 heteroatoms. The summed E-state index contributed by atoms with van der Waals surface area (Å²) in [5, 5.41) is 15.0. The summed E-state index contributed by atoms with van der Waals surface area (Å²) in [4.78, 5) is 12.3. The lowest BCUT2D eigenvalue weighted by atomic mass is 9.95. The number of oxime groups is 1. The zero-order valence-corrected chi connectivity index (χ0v) is 12.6. The van der Waals surface area contributed by atoms with Crippen LogP contribution in [0.15, 0.2) is 23.4 Å². The Morgan fingerprint density at radius 2 is 2.00 bits per heavy atom. The fourth-order valence-corrected chi connectivity index (χ4v) is 2.93. The Labute approximate surface area is 125 Å². The third-order valence-corrected chi connectivity index (χ3v) is 4.37. The molecule has 1 aliphatic carbocycles. The molecule has 1 aliphatic rings. The Balaban J connectivity index is 2.08. The first kappa shape index (κ1) is 15.4. The van der Waals surface area contributed by atoms with Crippen LogP contribution in [0.2, 0.25) is 0 Å². The van der Waals surface area contributed by atoms with Gasteiger partial charge in [0.05, 0.1) is 6.42 Å². The number of carbonyl (C=O) groups excluding carboxylic acids is 1. The van der Waals surface area contributed by atoms with E-state index in [2.05, 4.69) is 10.5 Å². The van der Waals surface area contributed by atoms with Crippen LogP contribution < -0.4 is 11.1 Å². The van der Waals surface area contributed by atoms with Crippen LogP contribution >= 0.6 is 0 Å². The molecule has 0 unspecified atom stereocenters. The first-order chi connectivity index (χ1) is 9.97. The molecule has 0 radical (unpaired) electrons. The summed E-state index contributed by atoms with van der Waals surface area (Å²) < 4.78 is 0. The van der Waals surface area contributed by atoms with E-state index in [1.807, 2.05) is 32.0 Å². The van der Waals surface area contributed by atoms with Crippen LogP contribution in [0, 0.1) is 13.8 Å². The molecule has 21 heavy (non-hydrogen) atoms. The van der Waals surface area contributed by atoms with Gasteiger partial charge < -0.3 is 16.3 Å². The van der Waals surface area contributed by atoms with E-state index in [0.717, 1.165) is 31.2 Å². The van der Waals surface area contributed by atoms with Gasteiger partial charge in [-0.05, 0) is 43.4 Å². The summed E-state index contributed by atoms with van der Waals surface area (Å²) in [6, 6.07) is 6.01. The van der Waals surface area contributed by atoms with Crippen LogP contribution in [0.1, 0.15) is 42.4 Å². The van der Waals surface area contributed by atoms with Crippen molar-refractivity contribution in [3.05, 3.63) is 34.9 Å². The zero-order chi connectivity index (χ0) is 15.5. The van der Waals surface area contributed by atoms with E-state index in [1.54, 1.807) is 0 Å². The van der Waals surface area contributed by atoms with E-state index in [4.69, 9.17) is 10.9 Å². The van der Waals surface area contributed by atoms with Crippen LogP contribution in [0.4, 0.5) is 0 Å². The highest BCUT2D eigenvalue weighted by Crippen LogP contribution is 2.30. The second-order valence-corrected chi connectivity index (χ2v) is 5.92. The average molecular weight is 289 g/mol. The number of nitrogens with two attached hydrogens (primary N) is 1. The minimum absolute atomic E-state index is 0.0910. The number of carbonyl (C=O) groups is 1. The molecule has 1 fully saturated rings. The number of hydrogen-bond donors (Lipinski definition) is 3. The molecule has 0 atom stereocenters. The molecule has 1 aromatic carbocycles. The van der Waals surface area contributed by atoms with Crippen molar-refractivity contribution in [3.8, 4) is 0 Å². The Morgan fingerprint density at radius 3 is 2.57 bits per heavy atom. The van der Waals surface area contributed by atoms with Gasteiger partial charge in [0, 0.05) is 0 Å². The highest BCUT2D eigenvalue weighted by atomic mass is 16.4. The van der Waals surface area contributed by atoms with Gasteiger partial charge in [0.25, 0.3) is 0 Å². The average Bonchev–Trinajstić information content (AvgIpc) is 2.91. The summed E-state index contributed by atoms with van der Waals surface area (Å²) in [7, 11) is 0. The fourth-order valence-electron chi connectivity index (χ4n) is 2.93. The normalized spacial score (nSPS) is 17.7. The predicted octanol–water partition coefficient (Wildman–Crippen LogP) is 2.02. The molecule has 1 amide bonds. The summed E-state index contributed by atoms with van der Waals surface area (Å²) >= 11 is 0. The van der Waals surface area contributed by atoms with E-state index in [9.17, 15) is 4.79 Å². The van der Waals surface area contributed by atoms with E-state index in [-0.39, 0.29) is 11.7 Å². The van der Waals surface area contributed by atoms with E-state index >= 15 is 0 Å². The van der Waals surface area contributed by atoms with Gasteiger partial charge in [-0.2, -0.15) is 0 Å². The number of nitrogens with zero attached hydrogens (tertiary/aromatic N) is 1. The first-order valence-electron chi connectivity index (χ1n) is 7.32. The number of amidine groups is 1. The number of hydrogen-bond acceptors (Lipinski definition) is 3. The molecule has 4 N–H and O–H groups in total. The quantitative estimate of drug-likeness (QED) is 0.343. The lowest BCUT2D eigenvalue weighted by molar-refractivity contribution is -0.121. The van der Waals surface area contributed by atoms with Crippen molar-refractivity contribution < 1.29 is 10.0 Å². The molecular formula is C16H23N3O2. The maximum atomic E-state index is 12.3. The molecule has 5 nitrogen and oxygen atoms in total. The van der Waals surface area contributed by atoms with Crippen molar-refractivity contribution in [1.29, 1.82) is 0 Å². The maximum Gasteiger partial charge on any atom is 0.225 e. The van der Waals surface area contributed by atoms with Crippen molar-refractivity contribution in [2.24, 2.45) is 10.9 Å². The lowest BCUT2D eigenvalue weighted by Crippen LogP contribution is -2.56. The summed E-state index contributed by atoms with van der Waals surface area (Å²) in [5.41, 5.74) is 8.47. The third kappa shape index (κ3) is 3.35. The Kier molecular flexibility index (Phi) is 4.50. The van der Waals surface area contributed by atoms with Crippen molar-refractivity contribution in [1.82, 2.24) is 5.32 Å². The van der Waals surface area contributed by atoms with Crippen LogP contribution in [0.3, 0.4) is 0 Å². The number of nitrogens with one attached hydrogen (secondary N) is 1. The fraction of sp³-hybridized carbons (Fsp3) is 0.500. The molecule has 1 saturated carbocycles. The van der Waals surface area contributed by atoms with Gasteiger partial charge in [-0.3, -0.25) is 4.79 Å². The molecule has 2 rings (SSSR count). The second kappa shape index (κ2) is 6.16. The van der Waals surface area contributed by atoms with Gasteiger partial charge in [-0.15, -0.1) is 0 Å². The third-order valence-electron chi connectivity index (χ3n) is 4.37. The van der Waals surface area contributed by atoms with Gasteiger partial charge >= 0.3 is 0 Å². The Bertz CT molecular complexity index is 561. The summed E-state index contributed by atoms with van der Waals surface area (Å²) in [6.45, 7) is 4.08. The molecule has 0 heterocycles. The van der Waals surface area contributed by atoms with E-state index in [1.165, 1.54) is 11.1 Å². The lowest BCUT2D eigenvalue weighted by Gasteiger charge is -2.28. The van der Waals surface area contributed by atoms with Crippen LogP contribution in [-0.4, -0.2) is 22.5 Å². The summed E-state index contributed by atoms with van der Waals surface area (Å²) in [6.07, 6.45) is 3.70. The molecule has 0 bridgehead atoms. The number of rotatable bonds is 4. The highest BCUT2D eigenvalue weighted by molar-refractivity contribution is 5.94. The van der Waals surface area contributed by atoms with Crippen molar-refractivity contribution >= 4 is 11.7 Å². The van der Waals surface area contributed by atoms with Crippen molar-refractivity contribution in [2.75, 3.05) is 0 Å². The smallest absolute Gasteiger partial charge is 0.225 e. The molecule has 1 aromatic rings. The number of aryl methyl sites for hydroxylation is 2. The van der Waals surface area contributed by atoms with Gasteiger partial charge in [0.15, 0.2) is 5.84 Å². The maximum absolute atomic E-state index is 12.3. The van der Waals surface area contributed by atoms with Crippen LogP contribution in [0.5, 0.6) is 0 Å². The standard InChI is InChI=1S/C16H23N3O2/c1-11-5-6-13(9-12(11)2)10-14(20)18-16(15(17)19-21)7-3-4-8-16/h5-6,9,21H,3-4,7-8,10H2,1-2H3,(H2,17,19)(H,18,20). The highest BCUT2D eigenvalue weighted by Gasteiger charge is 2.39. The largest absolute Gasteiger partial charge is 0.409 e. The summed E-state index contributed by atoms with van der Waals surface area (Å²) in [5.74, 6) is 0.0141. The van der Waals surface area contributed by atoms with Gasteiger partial charge in [-0.25, -0.2) is 0 Å². The van der Waals surface area contributed by atoms with Gasteiger partial charge in [0.2, 0.25) is 5.91 Å². The minimum atomic E-state index is -0.675. The van der Waals surface area contributed by atoms with Gasteiger partial charge in [0.1, 0.15) is 5.54 Å². The minimum Gasteiger partial charge on any atom is -0.409 e. The topological polar surface area (TPSA) is 87.7 Å². The first-order valence-corrected chi connectivity index (χ1v) is 7.32. The Hall–Kier alpha value is -2.04. The molecule has 114 valence electrons. The van der Waals surface area contributed by atoms with Gasteiger partial charge in [-0.1, -0.05) is 36.2 Å². The van der Waals surface area contributed by atoms with Crippen molar-refractivity contribution in [2.45, 2.75) is 51.5 Å². The SMILES string of the molecule is Cc1ccc(CC(=O)NC2(C(N)=NO)CCCC2)cc1C. The Morgan fingerprint density at radius 1 is 1.33 bits per heavy atom. The van der Waals surface area contributed by atoms with Crippen LogP contribution in [-0.2, 0) is 11.2 Å². The molecule has 0 saturated heterocycles. The van der Waals surface area contributed by atoms with E-state index in [0.29, 0.717) is 6.42 Å². The van der Waals surface area contributed by atoms with Crippen molar-refractivity contribution in [3.63, 3.8) is 0 Å². The van der Waals surface area contributed by atoms with E-state index < -0.39 is 5.54 Å². The zero-order valence-electron chi connectivity index (χ0n) is 12.6. The number of amides is 1. The molecular weight excluding hydrogens is 266 g/mol. The molecule has 0 spiro atoms. The molecule has 0 aliphatic heterocycles. The van der Waals surface area contributed by atoms with Crippen LogP contribution in [0.25, 0.3) is 0 Å². The second-order valence-electron chi connectivity index (χ2n) is 5.92. The monoisotopic (exact) mass is 289 g/mol.